The lowest BCUT2D eigenvalue weighted by atomic mass is 9.99. The van der Waals surface area contributed by atoms with Gasteiger partial charge in [0.15, 0.2) is 5.96 Å². The summed E-state index contributed by atoms with van der Waals surface area (Å²) in [6.45, 7) is 3.60. The van der Waals surface area contributed by atoms with Crippen molar-refractivity contribution in [1.29, 1.82) is 0 Å². The number of rotatable bonds is 16. The van der Waals surface area contributed by atoms with E-state index in [-0.39, 0.29) is 37.8 Å². The van der Waals surface area contributed by atoms with Crippen LogP contribution in [0.5, 0.6) is 0 Å². The van der Waals surface area contributed by atoms with Gasteiger partial charge in [-0.25, -0.2) is 4.79 Å². The Bertz CT molecular complexity index is 658. The first-order chi connectivity index (χ1) is 15.0. The van der Waals surface area contributed by atoms with Crippen LogP contribution >= 0.6 is 11.8 Å². The van der Waals surface area contributed by atoms with Crippen molar-refractivity contribution in [2.75, 3.05) is 25.1 Å². The highest BCUT2D eigenvalue weighted by Crippen LogP contribution is 2.06. The normalized spacial score (nSPS) is 14.4. The molecule has 184 valence electrons. The lowest BCUT2D eigenvalue weighted by molar-refractivity contribution is -0.142. The summed E-state index contributed by atoms with van der Waals surface area (Å²) in [6.07, 6.45) is 3.31. The van der Waals surface area contributed by atoms with Crippen LogP contribution in [-0.4, -0.2) is 78.0 Å². The van der Waals surface area contributed by atoms with Gasteiger partial charge >= 0.3 is 5.97 Å². The summed E-state index contributed by atoms with van der Waals surface area (Å²) in [5.74, 6) is -2.48. The number of amides is 3. The minimum atomic E-state index is -1.16. The Morgan fingerprint density at radius 2 is 1.72 bits per heavy atom. The second-order valence-corrected chi connectivity index (χ2v) is 8.36. The summed E-state index contributed by atoms with van der Waals surface area (Å²) in [6, 6.07) is -2.85. The third-order valence-corrected chi connectivity index (χ3v) is 5.45. The zero-order valence-electron chi connectivity index (χ0n) is 18.9. The fraction of sp³-hybridized carbons (Fsp3) is 0.737. The standard InChI is InChI=1S/C19H37N7O5S/c1-4-11(2)15(20)17(29)24-10-14(27)25-12(6-5-8-23-19(21)22)16(28)26-13(18(30)31)7-9-32-3/h11-13,15H,4-10,20H2,1-3H3,(H,24,29)(H,25,27)(H,26,28)(H,30,31)(H4,21,22,23). The summed E-state index contributed by atoms with van der Waals surface area (Å²) < 4.78 is 0. The van der Waals surface area contributed by atoms with E-state index < -0.39 is 41.8 Å². The molecule has 4 unspecified atom stereocenters. The van der Waals surface area contributed by atoms with Gasteiger partial charge in [-0.2, -0.15) is 11.8 Å². The van der Waals surface area contributed by atoms with Crippen molar-refractivity contribution in [2.45, 2.75) is 57.7 Å². The second-order valence-electron chi connectivity index (χ2n) is 7.38. The summed E-state index contributed by atoms with van der Waals surface area (Å²) in [5, 5.41) is 16.8. The lowest BCUT2D eigenvalue weighted by Crippen LogP contribution is -2.54. The zero-order valence-corrected chi connectivity index (χ0v) is 19.7. The number of carbonyl (C=O) groups is 4. The molecule has 0 radical (unpaired) electrons. The predicted molar refractivity (Wildman–Crippen MR) is 125 cm³/mol. The smallest absolute Gasteiger partial charge is 0.326 e. The molecule has 0 aliphatic heterocycles. The van der Waals surface area contributed by atoms with E-state index in [1.165, 1.54) is 11.8 Å². The highest BCUT2D eigenvalue weighted by Gasteiger charge is 2.26. The molecule has 32 heavy (non-hydrogen) atoms. The molecule has 10 N–H and O–H groups in total. The minimum Gasteiger partial charge on any atom is -0.480 e. The molecule has 0 aromatic carbocycles. The maximum absolute atomic E-state index is 12.7. The zero-order chi connectivity index (χ0) is 24.7. The molecule has 0 saturated carbocycles. The number of carboxylic acid groups (broad SMARTS) is 1. The van der Waals surface area contributed by atoms with Crippen LogP contribution in [0.25, 0.3) is 0 Å². The van der Waals surface area contributed by atoms with Crippen molar-refractivity contribution < 1.29 is 24.3 Å². The van der Waals surface area contributed by atoms with Gasteiger partial charge in [0.2, 0.25) is 17.7 Å². The topological polar surface area (TPSA) is 215 Å². The van der Waals surface area contributed by atoms with Crippen molar-refractivity contribution in [3.63, 3.8) is 0 Å². The van der Waals surface area contributed by atoms with Gasteiger partial charge in [0.25, 0.3) is 0 Å². The maximum atomic E-state index is 12.7. The number of aliphatic carboxylic acids is 1. The van der Waals surface area contributed by atoms with Crippen LogP contribution in [0.4, 0.5) is 0 Å². The molecular formula is C19H37N7O5S. The quantitative estimate of drug-likeness (QED) is 0.0771. The Labute approximate surface area is 192 Å². The van der Waals surface area contributed by atoms with E-state index in [0.717, 1.165) is 0 Å². The molecule has 13 heteroatoms. The van der Waals surface area contributed by atoms with Crippen LogP contribution < -0.4 is 33.2 Å². The van der Waals surface area contributed by atoms with Crippen molar-refractivity contribution in [3.8, 4) is 0 Å². The third-order valence-electron chi connectivity index (χ3n) is 4.81. The molecule has 3 amide bonds. The fourth-order valence-electron chi connectivity index (χ4n) is 2.58. The van der Waals surface area contributed by atoms with Crippen molar-refractivity contribution in [3.05, 3.63) is 0 Å². The first-order valence-corrected chi connectivity index (χ1v) is 11.8. The van der Waals surface area contributed by atoms with E-state index in [1.807, 2.05) is 20.1 Å². The van der Waals surface area contributed by atoms with Gasteiger partial charge in [0, 0.05) is 6.54 Å². The molecule has 0 spiro atoms. The largest absolute Gasteiger partial charge is 0.480 e. The van der Waals surface area contributed by atoms with E-state index in [9.17, 15) is 24.3 Å². The van der Waals surface area contributed by atoms with Crippen LogP contribution in [0.1, 0.15) is 39.5 Å². The minimum absolute atomic E-state index is 0.0543. The molecule has 0 rings (SSSR count). The van der Waals surface area contributed by atoms with Crippen molar-refractivity contribution in [2.24, 2.45) is 28.1 Å². The number of aliphatic imine (C=N–C) groups is 1. The summed E-state index contributed by atoms with van der Waals surface area (Å²) >= 11 is 1.45. The number of hydrogen-bond acceptors (Lipinski definition) is 7. The Hall–Kier alpha value is -2.54. The lowest BCUT2D eigenvalue weighted by Gasteiger charge is -2.22. The van der Waals surface area contributed by atoms with Gasteiger partial charge in [0.1, 0.15) is 12.1 Å². The summed E-state index contributed by atoms with van der Waals surface area (Å²) in [5.41, 5.74) is 16.4. The summed E-state index contributed by atoms with van der Waals surface area (Å²) in [4.78, 5) is 52.3. The third kappa shape index (κ3) is 12.3. The van der Waals surface area contributed by atoms with Crippen molar-refractivity contribution in [1.82, 2.24) is 16.0 Å². The van der Waals surface area contributed by atoms with Crippen LogP contribution in [0, 0.1) is 5.92 Å². The number of carboxylic acids is 1. The van der Waals surface area contributed by atoms with E-state index >= 15 is 0 Å². The average molecular weight is 476 g/mol. The van der Waals surface area contributed by atoms with Gasteiger partial charge < -0.3 is 38.3 Å². The molecule has 4 atom stereocenters. The van der Waals surface area contributed by atoms with Crippen LogP contribution in [0.15, 0.2) is 4.99 Å². The molecular weight excluding hydrogens is 438 g/mol. The average Bonchev–Trinajstić information content (AvgIpc) is 2.75. The van der Waals surface area contributed by atoms with E-state index in [4.69, 9.17) is 17.2 Å². The number of nitrogens with two attached hydrogens (primary N) is 3. The fourth-order valence-corrected chi connectivity index (χ4v) is 3.05. The monoisotopic (exact) mass is 475 g/mol. The van der Waals surface area contributed by atoms with E-state index in [1.54, 1.807) is 0 Å². The highest BCUT2D eigenvalue weighted by molar-refractivity contribution is 7.98. The van der Waals surface area contributed by atoms with Gasteiger partial charge in [-0.05, 0) is 37.2 Å². The van der Waals surface area contributed by atoms with E-state index in [0.29, 0.717) is 18.6 Å². The molecule has 0 fully saturated rings. The molecule has 0 aliphatic rings. The van der Waals surface area contributed by atoms with Gasteiger partial charge in [-0.1, -0.05) is 20.3 Å². The van der Waals surface area contributed by atoms with Gasteiger partial charge in [0.05, 0.1) is 12.6 Å². The SMILES string of the molecule is CCC(C)C(N)C(=O)NCC(=O)NC(CCCN=C(N)N)C(=O)NC(CCSC)C(=O)O. The number of guanidine groups is 1. The number of hydrogen-bond donors (Lipinski definition) is 7. The molecule has 0 bridgehead atoms. The van der Waals surface area contributed by atoms with E-state index in [2.05, 4.69) is 20.9 Å². The maximum Gasteiger partial charge on any atom is 0.326 e. The van der Waals surface area contributed by atoms with Gasteiger partial charge in [-0.3, -0.25) is 19.4 Å². The molecule has 0 aliphatic carbocycles. The number of nitrogens with one attached hydrogen (secondary N) is 3. The molecule has 0 aromatic heterocycles. The Morgan fingerprint density at radius 1 is 1.06 bits per heavy atom. The Kier molecular flexibility index (Phi) is 14.9. The molecule has 12 nitrogen and oxygen atoms in total. The predicted octanol–water partition coefficient (Wildman–Crippen LogP) is -1.66. The van der Waals surface area contributed by atoms with Crippen LogP contribution in [-0.2, 0) is 19.2 Å². The Balaban J connectivity index is 5.04. The second kappa shape index (κ2) is 16.1. The molecule has 0 heterocycles. The molecule has 0 aromatic rings. The first-order valence-electron chi connectivity index (χ1n) is 10.4. The Morgan fingerprint density at radius 3 is 2.25 bits per heavy atom. The van der Waals surface area contributed by atoms with Crippen LogP contribution in [0.3, 0.4) is 0 Å². The highest BCUT2D eigenvalue weighted by atomic mass is 32.2. The number of nitrogens with zero attached hydrogens (tertiary/aromatic N) is 1. The van der Waals surface area contributed by atoms with Crippen LogP contribution in [0.2, 0.25) is 0 Å². The molecule has 0 saturated heterocycles. The first kappa shape index (κ1) is 29.5. The summed E-state index contributed by atoms with van der Waals surface area (Å²) in [7, 11) is 0. The number of thioether (sulfide) groups is 1. The van der Waals surface area contributed by atoms with Crippen molar-refractivity contribution >= 4 is 41.4 Å². The number of carbonyl (C=O) groups excluding carboxylic acids is 3. The van der Waals surface area contributed by atoms with Gasteiger partial charge in [-0.15, -0.1) is 0 Å².